The number of rotatable bonds is 4. The number of benzene rings is 1. The van der Waals surface area contributed by atoms with Crippen LogP contribution in [0.5, 0.6) is 5.75 Å². The number of alkyl halides is 3. The quantitative estimate of drug-likeness (QED) is 0.860. The zero-order chi connectivity index (χ0) is 16.4. The van der Waals surface area contributed by atoms with Crippen molar-refractivity contribution >= 4 is 5.97 Å². The fourth-order valence-corrected chi connectivity index (χ4v) is 2.93. The van der Waals surface area contributed by atoms with Crippen LogP contribution in [0, 0.1) is 0 Å². The second-order valence-corrected chi connectivity index (χ2v) is 5.71. The van der Waals surface area contributed by atoms with Crippen LogP contribution < -0.4 is 4.74 Å². The van der Waals surface area contributed by atoms with Gasteiger partial charge in [-0.15, -0.1) is 0 Å². The summed E-state index contributed by atoms with van der Waals surface area (Å²) in [6.45, 7) is 1.89. The molecular weight excluding hydrogens is 297 g/mol. The lowest BCUT2D eigenvalue weighted by molar-refractivity contribution is -0.140. The van der Waals surface area contributed by atoms with E-state index < -0.39 is 23.3 Å². The number of aromatic carboxylic acids is 1. The van der Waals surface area contributed by atoms with Crippen LogP contribution >= 0.6 is 0 Å². The van der Waals surface area contributed by atoms with Crippen LogP contribution in [0.2, 0.25) is 0 Å². The molecule has 1 N–H and O–H groups in total. The first kappa shape index (κ1) is 16.6. The summed E-state index contributed by atoms with van der Waals surface area (Å²) >= 11 is 0. The van der Waals surface area contributed by atoms with Crippen molar-refractivity contribution in [2.45, 2.75) is 57.2 Å². The molecule has 0 unspecified atom stereocenters. The zero-order valence-corrected chi connectivity index (χ0v) is 12.4. The fourth-order valence-electron chi connectivity index (χ4n) is 2.93. The van der Waals surface area contributed by atoms with Crippen LogP contribution in [0.4, 0.5) is 13.2 Å². The fraction of sp³-hybridized carbons (Fsp3) is 0.562. The maximum absolute atomic E-state index is 13.1. The van der Waals surface area contributed by atoms with Gasteiger partial charge in [0.15, 0.2) is 0 Å². The van der Waals surface area contributed by atoms with E-state index >= 15 is 0 Å². The molecular formula is C16H19F3O3. The molecule has 2 rings (SSSR count). The summed E-state index contributed by atoms with van der Waals surface area (Å²) in [6, 6.07) is 2.72. The number of hydrogen-bond acceptors (Lipinski definition) is 2. The van der Waals surface area contributed by atoms with Crippen LogP contribution in [0.3, 0.4) is 0 Å². The standard InChI is InChI=1S/C16H19F3O3/c1-2-15(8-4-3-5-9-15)22-13-10-11(14(20)21)6-7-12(13)16(17,18)19/h6-7,10H,2-5,8-9H2,1H3,(H,20,21). The molecule has 0 spiro atoms. The molecule has 122 valence electrons. The number of carbonyl (C=O) groups is 1. The third kappa shape index (κ3) is 3.54. The van der Waals surface area contributed by atoms with Gasteiger partial charge >= 0.3 is 12.1 Å². The first-order valence-corrected chi connectivity index (χ1v) is 7.41. The summed E-state index contributed by atoms with van der Waals surface area (Å²) in [6.07, 6.45) is 0.280. The van der Waals surface area contributed by atoms with Crippen LogP contribution in [-0.4, -0.2) is 16.7 Å². The molecule has 0 aliphatic heterocycles. The predicted molar refractivity (Wildman–Crippen MR) is 75.1 cm³/mol. The van der Waals surface area contributed by atoms with Gasteiger partial charge in [-0.25, -0.2) is 4.79 Å². The average Bonchev–Trinajstić information content (AvgIpc) is 2.47. The summed E-state index contributed by atoms with van der Waals surface area (Å²) in [5.41, 5.74) is -1.75. The Morgan fingerprint density at radius 2 is 1.91 bits per heavy atom. The molecule has 22 heavy (non-hydrogen) atoms. The van der Waals surface area contributed by atoms with Crippen molar-refractivity contribution in [3.8, 4) is 5.75 Å². The maximum Gasteiger partial charge on any atom is 0.419 e. The van der Waals surface area contributed by atoms with Gasteiger partial charge in [0.05, 0.1) is 11.1 Å². The van der Waals surface area contributed by atoms with E-state index in [0.717, 1.165) is 37.5 Å². The van der Waals surface area contributed by atoms with Crippen LogP contribution in [-0.2, 0) is 6.18 Å². The Hall–Kier alpha value is -1.72. The summed E-state index contributed by atoms with van der Waals surface area (Å²) in [7, 11) is 0. The lowest BCUT2D eigenvalue weighted by Crippen LogP contribution is -2.38. The van der Waals surface area contributed by atoms with E-state index in [2.05, 4.69) is 0 Å². The Morgan fingerprint density at radius 3 is 2.41 bits per heavy atom. The molecule has 0 atom stereocenters. The molecule has 0 radical (unpaired) electrons. The molecule has 0 aromatic heterocycles. The molecule has 0 amide bonds. The van der Waals surface area contributed by atoms with E-state index in [1.165, 1.54) is 0 Å². The average molecular weight is 316 g/mol. The Kier molecular flexibility index (Phi) is 4.68. The van der Waals surface area contributed by atoms with Gasteiger partial charge < -0.3 is 9.84 Å². The second-order valence-electron chi connectivity index (χ2n) is 5.71. The van der Waals surface area contributed by atoms with Crippen LogP contribution in [0.25, 0.3) is 0 Å². The Morgan fingerprint density at radius 1 is 1.27 bits per heavy atom. The third-order valence-electron chi connectivity index (χ3n) is 4.27. The molecule has 1 aliphatic carbocycles. The van der Waals surface area contributed by atoms with Gasteiger partial charge in [-0.05, 0) is 50.3 Å². The van der Waals surface area contributed by atoms with Gasteiger partial charge in [0.1, 0.15) is 11.4 Å². The highest BCUT2D eigenvalue weighted by atomic mass is 19.4. The number of hydrogen-bond donors (Lipinski definition) is 1. The smallest absolute Gasteiger partial charge is 0.419 e. The summed E-state index contributed by atoms with van der Waals surface area (Å²) < 4.78 is 45.2. The van der Waals surface area contributed by atoms with Gasteiger partial charge in [0.2, 0.25) is 0 Å². The van der Waals surface area contributed by atoms with Crippen molar-refractivity contribution in [3.63, 3.8) is 0 Å². The molecule has 1 saturated carbocycles. The van der Waals surface area contributed by atoms with Crippen molar-refractivity contribution in [2.24, 2.45) is 0 Å². The van der Waals surface area contributed by atoms with Crippen LogP contribution in [0.15, 0.2) is 18.2 Å². The largest absolute Gasteiger partial charge is 0.487 e. The summed E-state index contributed by atoms with van der Waals surface area (Å²) in [5, 5.41) is 8.99. The Balaban J connectivity index is 2.42. The lowest BCUT2D eigenvalue weighted by atomic mass is 9.82. The van der Waals surface area contributed by atoms with E-state index in [0.29, 0.717) is 19.3 Å². The van der Waals surface area contributed by atoms with Crippen LogP contribution in [0.1, 0.15) is 61.4 Å². The minimum atomic E-state index is -4.57. The Bertz CT molecular complexity index is 546. The SMILES string of the molecule is CCC1(Oc2cc(C(=O)O)ccc2C(F)(F)F)CCCCC1. The number of carboxylic acids is 1. The van der Waals surface area contributed by atoms with E-state index in [1.54, 1.807) is 0 Å². The molecule has 0 saturated heterocycles. The third-order valence-corrected chi connectivity index (χ3v) is 4.27. The van der Waals surface area contributed by atoms with Gasteiger partial charge in [-0.2, -0.15) is 13.2 Å². The topological polar surface area (TPSA) is 46.5 Å². The molecule has 6 heteroatoms. The molecule has 1 fully saturated rings. The maximum atomic E-state index is 13.1. The number of halogens is 3. The monoisotopic (exact) mass is 316 g/mol. The lowest BCUT2D eigenvalue weighted by Gasteiger charge is -2.37. The number of carboxylic acid groups (broad SMARTS) is 1. The predicted octanol–water partition coefficient (Wildman–Crippen LogP) is 4.90. The van der Waals surface area contributed by atoms with Crippen molar-refractivity contribution in [2.75, 3.05) is 0 Å². The van der Waals surface area contributed by atoms with E-state index in [4.69, 9.17) is 9.84 Å². The molecule has 1 aromatic rings. The van der Waals surface area contributed by atoms with Gasteiger partial charge in [-0.3, -0.25) is 0 Å². The van der Waals surface area contributed by atoms with E-state index in [9.17, 15) is 18.0 Å². The first-order chi connectivity index (χ1) is 10.3. The highest BCUT2D eigenvalue weighted by molar-refractivity contribution is 5.88. The Labute approximate surface area is 127 Å². The zero-order valence-electron chi connectivity index (χ0n) is 12.4. The van der Waals surface area contributed by atoms with Crippen molar-refractivity contribution in [1.82, 2.24) is 0 Å². The molecule has 1 aliphatic rings. The second kappa shape index (κ2) is 6.18. The molecule has 0 bridgehead atoms. The highest BCUT2D eigenvalue weighted by Gasteiger charge is 2.39. The van der Waals surface area contributed by atoms with Crippen molar-refractivity contribution in [3.05, 3.63) is 29.3 Å². The summed E-state index contributed by atoms with van der Waals surface area (Å²) in [4.78, 5) is 11.0. The first-order valence-electron chi connectivity index (χ1n) is 7.41. The van der Waals surface area contributed by atoms with Gasteiger partial charge in [-0.1, -0.05) is 13.3 Å². The normalized spacial score (nSPS) is 18.0. The van der Waals surface area contributed by atoms with E-state index in [1.807, 2.05) is 6.92 Å². The van der Waals surface area contributed by atoms with E-state index in [-0.39, 0.29) is 11.3 Å². The van der Waals surface area contributed by atoms with Crippen molar-refractivity contribution < 1.29 is 27.8 Å². The number of ether oxygens (including phenoxy) is 1. The molecule has 3 nitrogen and oxygen atoms in total. The van der Waals surface area contributed by atoms with Gasteiger partial charge in [0, 0.05) is 0 Å². The minimum absolute atomic E-state index is 0.204. The molecule has 1 aromatic carbocycles. The highest BCUT2D eigenvalue weighted by Crippen LogP contribution is 2.42. The van der Waals surface area contributed by atoms with Gasteiger partial charge in [0.25, 0.3) is 0 Å². The van der Waals surface area contributed by atoms with Crippen molar-refractivity contribution in [1.29, 1.82) is 0 Å². The minimum Gasteiger partial charge on any atom is -0.487 e. The summed E-state index contributed by atoms with van der Waals surface area (Å²) in [5.74, 6) is -1.65. The molecule has 0 heterocycles.